The molecule has 1 aromatic carbocycles. The Morgan fingerprint density at radius 3 is 2.95 bits per heavy atom. The van der Waals surface area contributed by atoms with E-state index in [9.17, 15) is 9.59 Å². The Bertz CT molecular complexity index is 581. The zero-order valence-corrected chi connectivity index (χ0v) is 13.0. The monoisotopic (exact) mass is 302 g/mol. The van der Waals surface area contributed by atoms with Crippen molar-refractivity contribution < 1.29 is 14.3 Å². The topological polar surface area (TPSA) is 67.4 Å². The van der Waals surface area contributed by atoms with E-state index in [2.05, 4.69) is 10.6 Å². The molecule has 2 rings (SSSR count). The van der Waals surface area contributed by atoms with E-state index in [1.54, 1.807) is 13.2 Å². The average molecular weight is 302 g/mol. The zero-order chi connectivity index (χ0) is 15.9. The lowest BCUT2D eigenvalue weighted by Crippen LogP contribution is -2.49. The number of carbonyl (C=O) groups is 2. The SMILES string of the molecule is COc1ccccc1CC(C)=CC(=O)NC1CCCNC1=O. The molecular weight excluding hydrogens is 280 g/mol. The van der Waals surface area contributed by atoms with Gasteiger partial charge in [-0.2, -0.15) is 0 Å². The summed E-state index contributed by atoms with van der Waals surface area (Å²) in [6, 6.07) is 7.31. The fourth-order valence-corrected chi connectivity index (χ4v) is 2.55. The van der Waals surface area contributed by atoms with Gasteiger partial charge in [0.15, 0.2) is 0 Å². The summed E-state index contributed by atoms with van der Waals surface area (Å²) in [5.74, 6) is 0.479. The molecule has 22 heavy (non-hydrogen) atoms. The van der Waals surface area contributed by atoms with Crippen molar-refractivity contribution in [2.45, 2.75) is 32.2 Å². The van der Waals surface area contributed by atoms with E-state index in [1.807, 2.05) is 31.2 Å². The molecule has 5 heteroatoms. The van der Waals surface area contributed by atoms with Crippen molar-refractivity contribution in [3.8, 4) is 5.75 Å². The fourth-order valence-electron chi connectivity index (χ4n) is 2.55. The predicted octanol–water partition coefficient (Wildman–Crippen LogP) is 1.58. The number of hydrogen-bond donors (Lipinski definition) is 2. The van der Waals surface area contributed by atoms with Crippen molar-refractivity contribution in [2.75, 3.05) is 13.7 Å². The Hall–Kier alpha value is -2.30. The first-order chi connectivity index (χ1) is 10.6. The van der Waals surface area contributed by atoms with Gasteiger partial charge in [0, 0.05) is 12.6 Å². The van der Waals surface area contributed by atoms with Gasteiger partial charge in [0.05, 0.1) is 7.11 Å². The molecule has 2 amide bonds. The Balaban J connectivity index is 1.96. The van der Waals surface area contributed by atoms with Crippen LogP contribution in [0.3, 0.4) is 0 Å². The molecule has 0 bridgehead atoms. The molecule has 0 aliphatic carbocycles. The molecular formula is C17H22N2O3. The van der Waals surface area contributed by atoms with Crippen LogP contribution in [-0.4, -0.2) is 31.5 Å². The van der Waals surface area contributed by atoms with Crippen molar-refractivity contribution in [2.24, 2.45) is 0 Å². The lowest BCUT2D eigenvalue weighted by molar-refractivity contribution is -0.128. The van der Waals surface area contributed by atoms with Crippen LogP contribution >= 0.6 is 0 Å². The van der Waals surface area contributed by atoms with E-state index >= 15 is 0 Å². The molecule has 1 atom stereocenters. The first-order valence-corrected chi connectivity index (χ1v) is 7.47. The molecule has 1 saturated heterocycles. The summed E-state index contributed by atoms with van der Waals surface area (Å²) in [4.78, 5) is 23.6. The zero-order valence-electron chi connectivity index (χ0n) is 13.0. The molecule has 1 aliphatic heterocycles. The predicted molar refractivity (Wildman–Crippen MR) is 84.6 cm³/mol. The van der Waals surface area contributed by atoms with Gasteiger partial charge in [0.25, 0.3) is 0 Å². The number of methoxy groups -OCH3 is 1. The minimum atomic E-state index is -0.420. The number of carbonyl (C=O) groups excluding carboxylic acids is 2. The number of hydrogen-bond acceptors (Lipinski definition) is 3. The van der Waals surface area contributed by atoms with Crippen LogP contribution in [-0.2, 0) is 16.0 Å². The molecule has 1 aliphatic rings. The summed E-state index contributed by atoms with van der Waals surface area (Å²) >= 11 is 0. The Kier molecular flexibility index (Phi) is 5.58. The van der Waals surface area contributed by atoms with Crippen molar-refractivity contribution in [3.63, 3.8) is 0 Å². The van der Waals surface area contributed by atoms with Gasteiger partial charge in [0.1, 0.15) is 11.8 Å². The highest BCUT2D eigenvalue weighted by molar-refractivity contribution is 5.93. The van der Waals surface area contributed by atoms with Crippen molar-refractivity contribution in [3.05, 3.63) is 41.5 Å². The molecule has 1 heterocycles. The molecule has 118 valence electrons. The minimum absolute atomic E-state index is 0.101. The Morgan fingerprint density at radius 1 is 1.45 bits per heavy atom. The second kappa shape index (κ2) is 7.64. The van der Waals surface area contributed by atoms with Gasteiger partial charge in [-0.25, -0.2) is 0 Å². The summed E-state index contributed by atoms with van der Waals surface area (Å²) in [5, 5.41) is 5.51. The van der Waals surface area contributed by atoms with Gasteiger partial charge in [0.2, 0.25) is 11.8 Å². The maximum absolute atomic E-state index is 12.0. The summed E-state index contributed by atoms with van der Waals surface area (Å²) in [5.41, 5.74) is 1.94. The largest absolute Gasteiger partial charge is 0.496 e. The lowest BCUT2D eigenvalue weighted by atomic mass is 10.0. The van der Waals surface area contributed by atoms with Gasteiger partial charge < -0.3 is 15.4 Å². The Morgan fingerprint density at radius 2 is 2.23 bits per heavy atom. The van der Waals surface area contributed by atoms with Gasteiger partial charge >= 0.3 is 0 Å². The van der Waals surface area contributed by atoms with Gasteiger partial charge in [-0.15, -0.1) is 0 Å². The second-order valence-corrected chi connectivity index (χ2v) is 5.47. The lowest BCUT2D eigenvalue weighted by Gasteiger charge is -2.22. The number of ether oxygens (including phenoxy) is 1. The first kappa shape index (κ1) is 16.1. The van der Waals surface area contributed by atoms with E-state index in [0.717, 1.165) is 23.3 Å². The van der Waals surface area contributed by atoms with E-state index in [1.165, 1.54) is 0 Å². The van der Waals surface area contributed by atoms with Crippen LogP contribution in [0.15, 0.2) is 35.9 Å². The third-order valence-electron chi connectivity index (χ3n) is 3.64. The summed E-state index contributed by atoms with van der Waals surface area (Å²) in [6.07, 6.45) is 3.76. The van der Waals surface area contributed by atoms with Crippen LogP contribution in [0, 0.1) is 0 Å². The summed E-state index contributed by atoms with van der Waals surface area (Å²) in [7, 11) is 1.63. The minimum Gasteiger partial charge on any atom is -0.496 e. The molecule has 0 saturated carbocycles. The van der Waals surface area contributed by atoms with E-state index < -0.39 is 6.04 Å². The molecule has 1 aromatic rings. The van der Waals surface area contributed by atoms with Gasteiger partial charge in [-0.05, 0) is 37.8 Å². The average Bonchev–Trinajstić information content (AvgIpc) is 2.50. The number of allylic oxidation sites excluding steroid dienone is 1. The van der Waals surface area contributed by atoms with Crippen molar-refractivity contribution in [1.82, 2.24) is 10.6 Å². The van der Waals surface area contributed by atoms with E-state index in [0.29, 0.717) is 19.4 Å². The standard InChI is InChI=1S/C17H22N2O3/c1-12(10-13-6-3-4-8-15(13)22-2)11-16(20)19-14-7-5-9-18-17(14)21/h3-4,6,8,11,14H,5,7,9-10H2,1-2H3,(H,18,21)(H,19,20). The smallest absolute Gasteiger partial charge is 0.244 e. The molecule has 0 spiro atoms. The number of amides is 2. The van der Waals surface area contributed by atoms with Gasteiger partial charge in [-0.1, -0.05) is 23.8 Å². The third-order valence-corrected chi connectivity index (χ3v) is 3.64. The van der Waals surface area contributed by atoms with Crippen LogP contribution in [0.5, 0.6) is 5.75 Å². The van der Waals surface area contributed by atoms with Crippen LogP contribution in [0.4, 0.5) is 0 Å². The highest BCUT2D eigenvalue weighted by Gasteiger charge is 2.22. The normalized spacial score (nSPS) is 18.5. The van der Waals surface area contributed by atoms with Crippen molar-refractivity contribution in [1.29, 1.82) is 0 Å². The maximum atomic E-state index is 12.0. The van der Waals surface area contributed by atoms with Crippen LogP contribution < -0.4 is 15.4 Å². The molecule has 0 aromatic heterocycles. The second-order valence-electron chi connectivity index (χ2n) is 5.47. The third kappa shape index (κ3) is 4.35. The number of nitrogens with one attached hydrogen (secondary N) is 2. The fraction of sp³-hybridized carbons (Fsp3) is 0.412. The van der Waals surface area contributed by atoms with E-state index in [4.69, 9.17) is 4.74 Å². The van der Waals surface area contributed by atoms with Crippen LogP contribution in [0.1, 0.15) is 25.3 Å². The van der Waals surface area contributed by atoms with E-state index in [-0.39, 0.29) is 11.8 Å². The Labute approximate surface area is 130 Å². The number of benzene rings is 1. The summed E-state index contributed by atoms with van der Waals surface area (Å²) in [6.45, 7) is 2.58. The molecule has 1 unspecified atom stereocenters. The summed E-state index contributed by atoms with van der Waals surface area (Å²) < 4.78 is 5.31. The first-order valence-electron chi connectivity index (χ1n) is 7.47. The maximum Gasteiger partial charge on any atom is 0.244 e. The van der Waals surface area contributed by atoms with Crippen LogP contribution in [0.25, 0.3) is 0 Å². The quantitative estimate of drug-likeness (QED) is 0.812. The number of piperidine rings is 1. The molecule has 2 N–H and O–H groups in total. The number of rotatable bonds is 5. The number of para-hydroxylation sites is 1. The van der Waals surface area contributed by atoms with Crippen LogP contribution in [0.2, 0.25) is 0 Å². The highest BCUT2D eigenvalue weighted by Crippen LogP contribution is 2.20. The van der Waals surface area contributed by atoms with Crippen molar-refractivity contribution >= 4 is 11.8 Å². The highest BCUT2D eigenvalue weighted by atomic mass is 16.5. The molecule has 0 radical (unpaired) electrons. The molecule has 1 fully saturated rings. The van der Waals surface area contributed by atoms with Gasteiger partial charge in [-0.3, -0.25) is 9.59 Å². The molecule has 5 nitrogen and oxygen atoms in total.